The van der Waals surface area contributed by atoms with Crippen LogP contribution in [0.3, 0.4) is 0 Å². The molecule has 3 fully saturated rings. The molecule has 0 radical (unpaired) electrons. The largest absolute Gasteiger partial charge is 0.367 e. The quantitative estimate of drug-likeness (QED) is 0.0570. The van der Waals surface area contributed by atoms with Crippen LogP contribution in [0.4, 0.5) is 46.4 Å². The average Bonchev–Trinajstić information content (AvgIpc) is 4.22. The molecule has 3 N–H and O–H groups in total. The predicted octanol–water partition coefficient (Wildman–Crippen LogP) is 8.80. The first kappa shape index (κ1) is 42.0. The number of halogens is 5. The zero-order valence-electron chi connectivity index (χ0n) is 33.7. The topological polar surface area (TPSA) is 178 Å². The van der Waals surface area contributed by atoms with Crippen molar-refractivity contribution in [2.75, 3.05) is 16.0 Å². The van der Waals surface area contributed by atoms with Gasteiger partial charge in [-0.1, -0.05) is 11.6 Å². The Balaban J connectivity index is 0.000000124. The third kappa shape index (κ3) is 9.83. The van der Waals surface area contributed by atoms with E-state index in [1.165, 1.54) is 68.5 Å². The zero-order valence-corrected chi connectivity index (χ0v) is 34.4. The van der Waals surface area contributed by atoms with E-state index < -0.39 is 23.3 Å². The highest BCUT2D eigenvalue weighted by molar-refractivity contribution is 6.29. The molecule has 6 aromatic heterocycles. The molecule has 0 bridgehead atoms. The molecule has 6 heterocycles. The lowest BCUT2D eigenvalue weighted by molar-refractivity contribution is 0.111. The first-order chi connectivity index (χ1) is 31.0. The van der Waals surface area contributed by atoms with Gasteiger partial charge in [-0.2, -0.15) is 19.8 Å². The lowest BCUT2D eigenvalue weighted by atomic mass is 10.2. The van der Waals surface area contributed by atoms with E-state index in [2.05, 4.69) is 46.2 Å². The summed E-state index contributed by atoms with van der Waals surface area (Å²) in [6.45, 7) is 0. The van der Waals surface area contributed by atoms with Gasteiger partial charge in [0.25, 0.3) is 0 Å². The number of carbonyl (C=O) groups is 3. The molecule has 0 atom stereocenters. The van der Waals surface area contributed by atoms with E-state index in [9.17, 15) is 31.9 Å². The van der Waals surface area contributed by atoms with Crippen LogP contribution in [0.25, 0.3) is 16.9 Å². The fourth-order valence-corrected chi connectivity index (χ4v) is 7.23. The Labute approximate surface area is 365 Å². The number of rotatable bonds is 13. The summed E-state index contributed by atoms with van der Waals surface area (Å²) in [7, 11) is 0. The fourth-order valence-electron chi connectivity index (χ4n) is 7.02. The number of nitrogens with zero attached hydrogens (tertiary/aromatic N) is 9. The highest BCUT2D eigenvalue weighted by Gasteiger charge is 2.26. The van der Waals surface area contributed by atoms with Crippen LogP contribution in [0.2, 0.25) is 5.15 Å². The molecule has 0 unspecified atom stereocenters. The van der Waals surface area contributed by atoms with Gasteiger partial charge in [0.05, 0.1) is 35.3 Å². The van der Waals surface area contributed by atoms with Crippen molar-refractivity contribution in [3.8, 4) is 0 Å². The molecule has 15 nitrogen and oxygen atoms in total. The highest BCUT2D eigenvalue weighted by Crippen LogP contribution is 2.35. The van der Waals surface area contributed by atoms with Gasteiger partial charge in [0.2, 0.25) is 0 Å². The summed E-state index contributed by atoms with van der Waals surface area (Å²) in [4.78, 5) is 45.9. The molecule has 0 amide bonds. The minimum atomic E-state index is -0.687. The van der Waals surface area contributed by atoms with Crippen LogP contribution < -0.4 is 16.0 Å². The van der Waals surface area contributed by atoms with Gasteiger partial charge in [-0.3, -0.25) is 14.4 Å². The number of benzene rings is 2. The zero-order chi connectivity index (χ0) is 44.5. The summed E-state index contributed by atoms with van der Waals surface area (Å²) in [6.07, 6.45) is 15.3. The maximum atomic E-state index is 13.4. The highest BCUT2D eigenvalue weighted by atomic mass is 35.5. The smallest absolute Gasteiger partial charge is 0.170 e. The molecule has 3 aliphatic rings. The lowest BCUT2D eigenvalue weighted by Crippen LogP contribution is -2.09. The molecule has 2 aromatic carbocycles. The van der Waals surface area contributed by atoms with Crippen molar-refractivity contribution in [3.63, 3.8) is 0 Å². The predicted molar refractivity (Wildman–Crippen MR) is 229 cm³/mol. The number of carbonyl (C=O) groups excluding carboxylic acids is 3. The van der Waals surface area contributed by atoms with E-state index >= 15 is 0 Å². The second kappa shape index (κ2) is 17.8. The van der Waals surface area contributed by atoms with Crippen molar-refractivity contribution < 1.29 is 31.9 Å². The Hall–Kier alpha value is -7.28. The van der Waals surface area contributed by atoms with Crippen molar-refractivity contribution in [1.29, 1.82) is 0 Å². The Morgan fingerprint density at radius 2 is 0.969 bits per heavy atom. The average molecular weight is 893 g/mol. The summed E-state index contributed by atoms with van der Waals surface area (Å²) in [5.74, 6) is 0.0792. The van der Waals surface area contributed by atoms with Crippen LogP contribution in [-0.2, 0) is 12.8 Å². The van der Waals surface area contributed by atoms with Gasteiger partial charge in [-0.15, -0.1) is 0 Å². The standard InChI is InChI=1S/C17H14F2N4O.C16H13F2N5O.C11H10ClN3O/c18-12-4-13(19)6-14(5-12)21-16-7-15(3-10-1-2-10)23-17(22-16)11(9-24)8-20-23;17-10-3-11(18)5-13(4-10)20-14-6-15(21-12-1-2-12)23-16(22-14)9(8-24)7-19-23;12-10-4-9(3-7-1-2-7)15-11(14-10)8(6-16)5-13-15/h4-10H,1-3H2,(H,21,22);3-8,12,21H,1-2H2,(H,20,22);4-7H,1-3H2. The van der Waals surface area contributed by atoms with E-state index in [0.717, 1.165) is 61.4 Å². The van der Waals surface area contributed by atoms with Crippen molar-refractivity contribution in [2.24, 2.45) is 11.8 Å². The second-order valence-corrected chi connectivity index (χ2v) is 16.3. The first-order valence-electron chi connectivity index (χ1n) is 20.4. The van der Waals surface area contributed by atoms with Crippen LogP contribution in [0.1, 0.15) is 81.0 Å². The van der Waals surface area contributed by atoms with Gasteiger partial charge in [0.15, 0.2) is 35.8 Å². The second-order valence-electron chi connectivity index (χ2n) is 15.9. The molecule has 0 aliphatic heterocycles. The normalized spacial score (nSPS) is 14.4. The third-order valence-corrected chi connectivity index (χ3v) is 10.8. The van der Waals surface area contributed by atoms with Crippen LogP contribution in [-0.4, -0.2) is 68.7 Å². The van der Waals surface area contributed by atoms with Gasteiger partial charge in [0, 0.05) is 53.1 Å². The number of nitrogens with one attached hydrogen (secondary N) is 3. The Bertz CT molecular complexity index is 2880. The number of aldehydes is 3. The SMILES string of the molecule is O=Cc1cnn2c(CC3CC3)cc(Cl)nc12.O=Cc1cnn2c(CC3CC3)cc(Nc3cc(F)cc(F)c3)nc12.O=Cc1cnn2c(NC3CC3)cc(Nc3cc(F)cc(F)c3)nc12. The molecule has 326 valence electrons. The molecule has 0 saturated heterocycles. The number of fused-ring (bicyclic) bond motifs is 3. The number of aromatic nitrogens is 9. The summed E-state index contributed by atoms with van der Waals surface area (Å²) in [6, 6.07) is 12.0. The van der Waals surface area contributed by atoms with Crippen molar-refractivity contribution in [2.45, 2.75) is 57.4 Å². The van der Waals surface area contributed by atoms with Gasteiger partial charge >= 0.3 is 0 Å². The van der Waals surface area contributed by atoms with Gasteiger partial charge < -0.3 is 16.0 Å². The maximum Gasteiger partial charge on any atom is 0.170 e. The van der Waals surface area contributed by atoms with E-state index in [-0.39, 0.29) is 11.4 Å². The molecule has 0 spiro atoms. The summed E-state index contributed by atoms with van der Waals surface area (Å²) in [5, 5.41) is 22.1. The number of anilines is 5. The molecule has 11 rings (SSSR count). The minimum absolute atomic E-state index is 0.230. The fraction of sp³-hybridized carbons (Fsp3) is 0.250. The van der Waals surface area contributed by atoms with Crippen LogP contribution in [0, 0.1) is 35.1 Å². The van der Waals surface area contributed by atoms with Crippen molar-refractivity contribution in [1.82, 2.24) is 43.8 Å². The molecule has 3 aliphatic carbocycles. The Morgan fingerprint density at radius 3 is 1.42 bits per heavy atom. The molecule has 20 heteroatoms. The number of hydrogen-bond donors (Lipinski definition) is 3. The van der Waals surface area contributed by atoms with Crippen LogP contribution in [0.15, 0.2) is 73.2 Å². The summed E-state index contributed by atoms with van der Waals surface area (Å²) in [5.41, 5.74) is 4.99. The van der Waals surface area contributed by atoms with E-state index in [1.54, 1.807) is 25.7 Å². The van der Waals surface area contributed by atoms with E-state index in [0.29, 0.717) is 80.8 Å². The van der Waals surface area contributed by atoms with Crippen molar-refractivity contribution in [3.05, 3.63) is 130 Å². The minimum Gasteiger partial charge on any atom is -0.367 e. The van der Waals surface area contributed by atoms with E-state index in [1.807, 2.05) is 6.07 Å². The number of hydrogen-bond acceptors (Lipinski definition) is 12. The molecular formula is C44H37ClF4N12O3. The Morgan fingerprint density at radius 1 is 0.547 bits per heavy atom. The lowest BCUT2D eigenvalue weighted by Gasteiger charge is -2.11. The third-order valence-electron chi connectivity index (χ3n) is 10.6. The van der Waals surface area contributed by atoms with Crippen LogP contribution >= 0.6 is 11.6 Å². The van der Waals surface area contributed by atoms with Crippen molar-refractivity contribution >= 4 is 76.2 Å². The first-order valence-corrected chi connectivity index (χ1v) is 20.8. The maximum absolute atomic E-state index is 13.4. The van der Waals surface area contributed by atoms with Crippen LogP contribution in [0.5, 0.6) is 0 Å². The van der Waals surface area contributed by atoms with Gasteiger partial charge in [-0.25, -0.2) is 41.5 Å². The van der Waals surface area contributed by atoms with E-state index in [4.69, 9.17) is 11.6 Å². The molecular weight excluding hydrogens is 856 g/mol. The molecule has 8 aromatic rings. The monoisotopic (exact) mass is 892 g/mol. The summed E-state index contributed by atoms with van der Waals surface area (Å²) < 4.78 is 58.3. The molecule has 3 saturated carbocycles. The Kier molecular flexibility index (Phi) is 11.7. The molecule has 64 heavy (non-hydrogen) atoms. The van der Waals surface area contributed by atoms with Gasteiger partial charge in [-0.05, 0) is 93.5 Å². The van der Waals surface area contributed by atoms with Gasteiger partial charge in [0.1, 0.15) is 45.9 Å². The summed E-state index contributed by atoms with van der Waals surface area (Å²) >= 11 is 5.95.